The summed E-state index contributed by atoms with van der Waals surface area (Å²) in [7, 11) is 3.11. The van der Waals surface area contributed by atoms with E-state index in [4.69, 9.17) is 9.47 Å². The fourth-order valence-electron chi connectivity index (χ4n) is 2.73. The van der Waals surface area contributed by atoms with Crippen LogP contribution in [0.25, 0.3) is 0 Å². The third kappa shape index (κ3) is 4.63. The van der Waals surface area contributed by atoms with Crippen molar-refractivity contribution in [2.45, 2.75) is 33.6 Å². The van der Waals surface area contributed by atoms with Crippen molar-refractivity contribution in [3.05, 3.63) is 52.6 Å². The van der Waals surface area contributed by atoms with Gasteiger partial charge in [0.25, 0.3) is 0 Å². The Bertz CT molecular complexity index is 827. The lowest BCUT2D eigenvalue weighted by molar-refractivity contribution is -0.116. The van der Waals surface area contributed by atoms with E-state index in [1.165, 1.54) is 0 Å². The Balaban J connectivity index is 2.03. The van der Waals surface area contributed by atoms with Crippen molar-refractivity contribution in [3.8, 4) is 11.5 Å². The number of ketones is 1. The number of benzene rings is 2. The second-order valence-electron chi connectivity index (χ2n) is 6.31. The second-order valence-corrected chi connectivity index (χ2v) is 6.31. The summed E-state index contributed by atoms with van der Waals surface area (Å²) < 4.78 is 10.5. The van der Waals surface area contributed by atoms with E-state index in [-0.39, 0.29) is 24.5 Å². The number of methoxy groups -OCH3 is 2. The fourth-order valence-corrected chi connectivity index (χ4v) is 2.73. The molecule has 26 heavy (non-hydrogen) atoms. The summed E-state index contributed by atoms with van der Waals surface area (Å²) in [5.74, 6) is 0.914. The molecule has 0 bridgehead atoms. The molecule has 0 saturated heterocycles. The molecule has 0 spiro atoms. The van der Waals surface area contributed by atoms with E-state index in [0.29, 0.717) is 22.7 Å². The Morgan fingerprint density at radius 3 is 2.19 bits per heavy atom. The topological polar surface area (TPSA) is 64.6 Å². The Morgan fingerprint density at radius 1 is 0.885 bits per heavy atom. The number of anilines is 1. The van der Waals surface area contributed by atoms with E-state index < -0.39 is 0 Å². The van der Waals surface area contributed by atoms with Crippen LogP contribution in [0.15, 0.2) is 30.3 Å². The molecule has 0 aromatic heterocycles. The first-order valence-corrected chi connectivity index (χ1v) is 8.48. The quantitative estimate of drug-likeness (QED) is 0.755. The largest absolute Gasteiger partial charge is 0.493 e. The first kappa shape index (κ1) is 19.5. The number of aryl methyl sites for hydroxylation is 3. The SMILES string of the molecule is COc1cc(C)c(NC(=O)CCC(=O)c2cc(C)ccc2C)cc1OC. The molecule has 138 valence electrons. The maximum atomic E-state index is 12.4. The normalized spacial score (nSPS) is 10.3. The monoisotopic (exact) mass is 355 g/mol. The molecule has 0 heterocycles. The average Bonchev–Trinajstić information content (AvgIpc) is 2.62. The first-order valence-electron chi connectivity index (χ1n) is 8.48. The summed E-state index contributed by atoms with van der Waals surface area (Å²) in [6.07, 6.45) is 0.294. The van der Waals surface area contributed by atoms with Crippen LogP contribution in [0.1, 0.15) is 39.9 Å². The second kappa shape index (κ2) is 8.52. The van der Waals surface area contributed by atoms with E-state index in [9.17, 15) is 9.59 Å². The maximum Gasteiger partial charge on any atom is 0.224 e. The van der Waals surface area contributed by atoms with Gasteiger partial charge >= 0.3 is 0 Å². The molecule has 5 heteroatoms. The number of Topliss-reactive ketones (excluding diaryl/α,β-unsaturated/α-hetero) is 1. The molecule has 0 radical (unpaired) electrons. The standard InChI is InChI=1S/C21H25NO4/c1-13-6-7-14(2)16(10-13)18(23)8-9-21(24)22-17-12-20(26-5)19(25-4)11-15(17)3/h6-7,10-12H,8-9H2,1-5H3,(H,22,24). The van der Waals surface area contributed by atoms with Gasteiger partial charge in [0.2, 0.25) is 5.91 Å². The van der Waals surface area contributed by atoms with Gasteiger partial charge in [-0.2, -0.15) is 0 Å². The Hall–Kier alpha value is -2.82. The van der Waals surface area contributed by atoms with Gasteiger partial charge in [-0.3, -0.25) is 9.59 Å². The van der Waals surface area contributed by atoms with Crippen LogP contribution < -0.4 is 14.8 Å². The van der Waals surface area contributed by atoms with Crippen LogP contribution in [0.2, 0.25) is 0 Å². The molecule has 0 aliphatic heterocycles. The lowest BCUT2D eigenvalue weighted by Gasteiger charge is -2.13. The summed E-state index contributed by atoms with van der Waals surface area (Å²) >= 11 is 0. The average molecular weight is 355 g/mol. The smallest absolute Gasteiger partial charge is 0.224 e. The van der Waals surface area contributed by atoms with E-state index in [1.54, 1.807) is 26.4 Å². The number of amides is 1. The molecular formula is C21H25NO4. The van der Waals surface area contributed by atoms with Gasteiger partial charge in [0, 0.05) is 30.2 Å². The van der Waals surface area contributed by atoms with Crippen molar-refractivity contribution in [1.29, 1.82) is 0 Å². The first-order chi connectivity index (χ1) is 12.3. The summed E-state index contributed by atoms with van der Waals surface area (Å²) in [4.78, 5) is 24.7. The Kier molecular flexibility index (Phi) is 6.39. The number of hydrogen-bond donors (Lipinski definition) is 1. The molecule has 0 unspecified atom stereocenters. The van der Waals surface area contributed by atoms with Crippen molar-refractivity contribution < 1.29 is 19.1 Å². The molecule has 5 nitrogen and oxygen atoms in total. The number of nitrogens with one attached hydrogen (secondary N) is 1. The Morgan fingerprint density at radius 2 is 1.54 bits per heavy atom. The molecule has 2 aromatic rings. The molecule has 0 aliphatic carbocycles. The third-order valence-corrected chi connectivity index (χ3v) is 4.28. The molecular weight excluding hydrogens is 330 g/mol. The third-order valence-electron chi connectivity index (χ3n) is 4.28. The lowest BCUT2D eigenvalue weighted by Crippen LogP contribution is -2.15. The molecule has 0 atom stereocenters. The van der Waals surface area contributed by atoms with Crippen LogP contribution in [-0.4, -0.2) is 25.9 Å². The van der Waals surface area contributed by atoms with Crippen LogP contribution in [0.5, 0.6) is 11.5 Å². The van der Waals surface area contributed by atoms with Crippen LogP contribution in [0.4, 0.5) is 5.69 Å². The summed E-state index contributed by atoms with van der Waals surface area (Å²) in [6.45, 7) is 5.72. The van der Waals surface area contributed by atoms with Gasteiger partial charge in [0.05, 0.1) is 14.2 Å². The zero-order chi connectivity index (χ0) is 19.3. The van der Waals surface area contributed by atoms with Crippen LogP contribution in [-0.2, 0) is 4.79 Å². The van der Waals surface area contributed by atoms with E-state index in [2.05, 4.69) is 5.32 Å². The van der Waals surface area contributed by atoms with Gasteiger partial charge in [0.1, 0.15) is 0 Å². The Labute approximate surface area is 154 Å². The van der Waals surface area contributed by atoms with Crippen LogP contribution in [0.3, 0.4) is 0 Å². The fraction of sp³-hybridized carbons (Fsp3) is 0.333. The molecule has 0 fully saturated rings. The van der Waals surface area contributed by atoms with Crippen molar-refractivity contribution in [2.24, 2.45) is 0 Å². The van der Waals surface area contributed by atoms with Crippen molar-refractivity contribution in [1.82, 2.24) is 0 Å². The highest BCUT2D eigenvalue weighted by Gasteiger charge is 2.14. The van der Waals surface area contributed by atoms with E-state index in [1.807, 2.05) is 39.0 Å². The van der Waals surface area contributed by atoms with Gasteiger partial charge in [-0.05, 0) is 44.0 Å². The van der Waals surface area contributed by atoms with Gasteiger partial charge in [0.15, 0.2) is 17.3 Å². The van der Waals surface area contributed by atoms with E-state index >= 15 is 0 Å². The van der Waals surface area contributed by atoms with Crippen LogP contribution >= 0.6 is 0 Å². The van der Waals surface area contributed by atoms with Crippen molar-refractivity contribution in [3.63, 3.8) is 0 Å². The molecule has 0 aliphatic rings. The minimum Gasteiger partial charge on any atom is -0.493 e. The highest BCUT2D eigenvalue weighted by atomic mass is 16.5. The highest BCUT2D eigenvalue weighted by molar-refractivity contribution is 6.01. The number of rotatable bonds is 7. The highest BCUT2D eigenvalue weighted by Crippen LogP contribution is 2.33. The number of ether oxygens (including phenoxy) is 2. The molecule has 0 saturated carbocycles. The molecule has 1 amide bonds. The summed E-state index contributed by atoms with van der Waals surface area (Å²) in [5, 5.41) is 2.84. The zero-order valence-corrected chi connectivity index (χ0v) is 15.9. The van der Waals surface area contributed by atoms with E-state index in [0.717, 1.165) is 16.7 Å². The van der Waals surface area contributed by atoms with Crippen molar-refractivity contribution >= 4 is 17.4 Å². The van der Waals surface area contributed by atoms with Crippen molar-refractivity contribution in [2.75, 3.05) is 19.5 Å². The molecule has 1 N–H and O–H groups in total. The van der Waals surface area contributed by atoms with Gasteiger partial charge in [-0.25, -0.2) is 0 Å². The summed E-state index contributed by atoms with van der Waals surface area (Å²) in [5.41, 5.74) is 4.14. The maximum absolute atomic E-state index is 12.4. The van der Waals surface area contributed by atoms with Gasteiger partial charge in [-0.15, -0.1) is 0 Å². The minimum atomic E-state index is -0.209. The predicted molar refractivity (Wildman–Crippen MR) is 102 cm³/mol. The summed E-state index contributed by atoms with van der Waals surface area (Å²) in [6, 6.07) is 9.29. The number of carbonyl (C=O) groups is 2. The number of carbonyl (C=O) groups excluding carboxylic acids is 2. The molecule has 2 aromatic carbocycles. The van der Waals surface area contributed by atoms with Gasteiger partial charge in [-0.1, -0.05) is 17.7 Å². The minimum absolute atomic E-state index is 0.0228. The van der Waals surface area contributed by atoms with Gasteiger partial charge < -0.3 is 14.8 Å². The zero-order valence-electron chi connectivity index (χ0n) is 15.9. The predicted octanol–water partition coefficient (Wildman–Crippen LogP) is 4.23. The van der Waals surface area contributed by atoms with Crippen LogP contribution in [0, 0.1) is 20.8 Å². The number of hydrogen-bond acceptors (Lipinski definition) is 4. The molecule has 2 rings (SSSR count). The lowest BCUT2D eigenvalue weighted by atomic mass is 9.99.